The van der Waals surface area contributed by atoms with Crippen LogP contribution in [0.2, 0.25) is 0 Å². The molecule has 0 atom stereocenters. The third-order valence-electron chi connectivity index (χ3n) is 4.15. The van der Waals surface area contributed by atoms with E-state index in [0.29, 0.717) is 11.3 Å². The van der Waals surface area contributed by atoms with Crippen molar-refractivity contribution < 1.29 is 18.7 Å². The number of ether oxygens (including phenoxy) is 2. The molecule has 4 rings (SSSR count). The Bertz CT molecular complexity index is 1070. The average Bonchev–Trinajstić information content (AvgIpc) is 3.09. The van der Waals surface area contributed by atoms with Crippen LogP contribution in [0.4, 0.5) is 4.39 Å². The molecule has 0 bridgehead atoms. The smallest absolute Gasteiger partial charge is 0.363 e. The molecule has 1 aliphatic heterocycles. The summed E-state index contributed by atoms with van der Waals surface area (Å²) in [6, 6.07) is 22.9. The molecule has 0 saturated carbocycles. The number of hydrogen-bond donors (Lipinski definition) is 0. The molecular weight excluding hydrogens is 357 g/mol. The van der Waals surface area contributed by atoms with Crippen molar-refractivity contribution in [3.8, 4) is 5.75 Å². The predicted octanol–water partition coefficient (Wildman–Crippen LogP) is 4.75. The molecule has 3 aromatic rings. The van der Waals surface area contributed by atoms with E-state index in [9.17, 15) is 9.18 Å². The Labute approximate surface area is 161 Å². The minimum Gasteiger partial charge on any atom is -0.489 e. The summed E-state index contributed by atoms with van der Waals surface area (Å²) >= 11 is 0. The number of carbonyl (C=O) groups excluding carboxylic acids is 1. The highest BCUT2D eigenvalue weighted by atomic mass is 19.1. The molecule has 0 radical (unpaired) electrons. The van der Waals surface area contributed by atoms with Crippen LogP contribution in [0.15, 0.2) is 89.6 Å². The van der Waals surface area contributed by atoms with Crippen LogP contribution < -0.4 is 4.74 Å². The zero-order valence-electron chi connectivity index (χ0n) is 14.8. The van der Waals surface area contributed by atoms with Crippen LogP contribution >= 0.6 is 0 Å². The van der Waals surface area contributed by atoms with Crippen LogP contribution in [0.5, 0.6) is 5.75 Å². The predicted molar refractivity (Wildman–Crippen MR) is 104 cm³/mol. The summed E-state index contributed by atoms with van der Waals surface area (Å²) in [5.74, 6) is 0.0359. The van der Waals surface area contributed by atoms with Gasteiger partial charge in [0.1, 0.15) is 18.2 Å². The Morgan fingerprint density at radius 2 is 1.75 bits per heavy atom. The Kier molecular flexibility index (Phi) is 4.97. The van der Waals surface area contributed by atoms with Gasteiger partial charge in [-0.3, -0.25) is 0 Å². The molecule has 1 aliphatic rings. The van der Waals surface area contributed by atoms with Gasteiger partial charge in [0.05, 0.1) is 0 Å². The number of esters is 1. The third kappa shape index (κ3) is 3.99. The zero-order chi connectivity index (χ0) is 19.3. The van der Waals surface area contributed by atoms with Crippen molar-refractivity contribution in [1.29, 1.82) is 0 Å². The summed E-state index contributed by atoms with van der Waals surface area (Å²) < 4.78 is 24.6. The topological polar surface area (TPSA) is 47.9 Å². The van der Waals surface area contributed by atoms with E-state index in [1.807, 2.05) is 36.4 Å². The molecule has 0 fully saturated rings. The van der Waals surface area contributed by atoms with Gasteiger partial charge in [0.25, 0.3) is 0 Å². The lowest BCUT2D eigenvalue weighted by molar-refractivity contribution is -0.129. The zero-order valence-corrected chi connectivity index (χ0v) is 14.8. The molecule has 3 aromatic carbocycles. The summed E-state index contributed by atoms with van der Waals surface area (Å²) in [6.07, 6.45) is 1.63. The Morgan fingerprint density at radius 3 is 2.57 bits per heavy atom. The van der Waals surface area contributed by atoms with Gasteiger partial charge in [0.2, 0.25) is 5.90 Å². The van der Waals surface area contributed by atoms with Crippen molar-refractivity contribution >= 4 is 17.9 Å². The van der Waals surface area contributed by atoms with Gasteiger partial charge in [-0.15, -0.1) is 0 Å². The Morgan fingerprint density at radius 1 is 0.964 bits per heavy atom. The second-order valence-corrected chi connectivity index (χ2v) is 6.15. The first-order chi connectivity index (χ1) is 13.7. The van der Waals surface area contributed by atoms with E-state index in [1.54, 1.807) is 42.5 Å². The second kappa shape index (κ2) is 7.88. The van der Waals surface area contributed by atoms with Gasteiger partial charge in [-0.2, -0.15) is 0 Å². The fraction of sp³-hybridized carbons (Fsp3) is 0.0435. The van der Waals surface area contributed by atoms with Gasteiger partial charge in [-0.05, 0) is 42.0 Å². The summed E-state index contributed by atoms with van der Waals surface area (Å²) in [6.45, 7) is 0.116. The normalized spacial score (nSPS) is 14.7. The highest BCUT2D eigenvalue weighted by molar-refractivity contribution is 6.12. The van der Waals surface area contributed by atoms with E-state index in [-0.39, 0.29) is 24.0 Å². The molecule has 138 valence electrons. The van der Waals surface area contributed by atoms with Crippen molar-refractivity contribution in [1.82, 2.24) is 0 Å². The summed E-state index contributed by atoms with van der Waals surface area (Å²) in [7, 11) is 0. The van der Waals surface area contributed by atoms with Crippen molar-refractivity contribution in [3.63, 3.8) is 0 Å². The van der Waals surface area contributed by atoms with Crippen molar-refractivity contribution in [3.05, 3.63) is 107 Å². The highest BCUT2D eigenvalue weighted by Gasteiger charge is 2.23. The van der Waals surface area contributed by atoms with Crippen LogP contribution in [-0.2, 0) is 16.1 Å². The lowest BCUT2D eigenvalue weighted by atomic mass is 10.2. The third-order valence-corrected chi connectivity index (χ3v) is 4.15. The number of benzene rings is 3. The fourth-order valence-corrected chi connectivity index (χ4v) is 2.74. The van der Waals surface area contributed by atoms with E-state index in [1.165, 1.54) is 6.07 Å². The van der Waals surface area contributed by atoms with Crippen LogP contribution in [0.1, 0.15) is 16.7 Å². The van der Waals surface area contributed by atoms with Gasteiger partial charge in [0.15, 0.2) is 5.70 Å². The van der Waals surface area contributed by atoms with Crippen LogP contribution in [0.3, 0.4) is 0 Å². The first kappa shape index (κ1) is 17.7. The van der Waals surface area contributed by atoms with E-state index in [0.717, 1.165) is 11.1 Å². The van der Waals surface area contributed by atoms with E-state index in [4.69, 9.17) is 9.47 Å². The lowest BCUT2D eigenvalue weighted by Gasteiger charge is -2.07. The van der Waals surface area contributed by atoms with Gasteiger partial charge in [-0.25, -0.2) is 14.2 Å². The Balaban J connectivity index is 1.52. The number of aliphatic imine (C=N–C) groups is 1. The Hall–Kier alpha value is -3.73. The number of rotatable bonds is 5. The number of carbonyl (C=O) groups is 1. The first-order valence-corrected chi connectivity index (χ1v) is 8.73. The van der Waals surface area contributed by atoms with E-state index >= 15 is 0 Å². The monoisotopic (exact) mass is 373 g/mol. The molecule has 5 heteroatoms. The number of cyclic esters (lactones) is 1. The molecule has 1 heterocycles. The molecule has 0 spiro atoms. The van der Waals surface area contributed by atoms with Crippen molar-refractivity contribution in [2.45, 2.75) is 6.61 Å². The highest BCUT2D eigenvalue weighted by Crippen LogP contribution is 2.22. The molecule has 0 aliphatic carbocycles. The molecular formula is C23H16FNO3. The second-order valence-electron chi connectivity index (χ2n) is 6.15. The SMILES string of the molecule is O=C1OC(c2ccccc2)=N/C1=C/c1cccc(OCc2ccccc2F)c1. The largest absolute Gasteiger partial charge is 0.489 e. The van der Waals surface area contributed by atoms with E-state index < -0.39 is 5.97 Å². The standard InChI is InChI=1S/C23H16FNO3/c24-20-12-5-4-10-18(20)15-27-19-11-6-7-16(13-19)14-21-23(26)28-22(25-21)17-8-2-1-3-9-17/h1-14H,15H2/b21-14+. The molecule has 0 aromatic heterocycles. The van der Waals surface area contributed by atoms with Gasteiger partial charge in [0, 0.05) is 11.1 Å². The maximum absolute atomic E-state index is 13.7. The van der Waals surface area contributed by atoms with E-state index in [2.05, 4.69) is 4.99 Å². The maximum Gasteiger partial charge on any atom is 0.363 e. The van der Waals surface area contributed by atoms with Gasteiger partial charge >= 0.3 is 5.97 Å². The number of nitrogens with zero attached hydrogens (tertiary/aromatic N) is 1. The fourth-order valence-electron chi connectivity index (χ4n) is 2.74. The van der Waals surface area contributed by atoms with Crippen LogP contribution in [0.25, 0.3) is 6.08 Å². The number of halogens is 1. The van der Waals surface area contributed by atoms with Gasteiger partial charge in [-0.1, -0.05) is 48.5 Å². The van der Waals surface area contributed by atoms with Crippen LogP contribution in [0, 0.1) is 5.82 Å². The van der Waals surface area contributed by atoms with Crippen molar-refractivity contribution in [2.75, 3.05) is 0 Å². The summed E-state index contributed by atoms with van der Waals surface area (Å²) in [5.41, 5.74) is 2.16. The molecule has 0 N–H and O–H groups in total. The summed E-state index contributed by atoms with van der Waals surface area (Å²) in [4.78, 5) is 16.4. The maximum atomic E-state index is 13.7. The first-order valence-electron chi connectivity index (χ1n) is 8.73. The van der Waals surface area contributed by atoms with Gasteiger partial charge < -0.3 is 9.47 Å². The number of hydrogen-bond acceptors (Lipinski definition) is 4. The minimum atomic E-state index is -0.503. The minimum absolute atomic E-state index is 0.116. The van der Waals surface area contributed by atoms with Crippen molar-refractivity contribution in [2.24, 2.45) is 4.99 Å². The molecule has 4 nitrogen and oxygen atoms in total. The average molecular weight is 373 g/mol. The lowest BCUT2D eigenvalue weighted by Crippen LogP contribution is -2.04. The molecule has 0 saturated heterocycles. The quantitative estimate of drug-likeness (QED) is 0.479. The molecule has 0 amide bonds. The summed E-state index contributed by atoms with van der Waals surface area (Å²) in [5, 5.41) is 0. The molecule has 0 unspecified atom stereocenters. The van der Waals surface area contributed by atoms with Crippen LogP contribution in [-0.4, -0.2) is 11.9 Å². The molecule has 28 heavy (non-hydrogen) atoms.